The highest BCUT2D eigenvalue weighted by Crippen LogP contribution is 1.84. The van der Waals surface area contributed by atoms with E-state index >= 15 is 0 Å². The maximum atomic E-state index is 9.99. The van der Waals surface area contributed by atoms with E-state index in [-0.39, 0.29) is 7.34 Å². The van der Waals surface area contributed by atoms with Crippen molar-refractivity contribution < 1.29 is 6.22 Å². The third-order valence-electron chi connectivity index (χ3n) is 1.19. The Morgan fingerprint density at radius 3 is 2.29 bits per heavy atom. The summed E-state index contributed by atoms with van der Waals surface area (Å²) in [5.41, 5.74) is 4.76. The molecule has 0 spiro atoms. The molecular weight excluding hydrogens is 178 g/mol. The third kappa shape index (κ3) is 10.4. The number of nitrogens with one attached hydrogen (secondary N) is 1. The van der Waals surface area contributed by atoms with E-state index in [9.17, 15) is 4.79 Å². The zero-order chi connectivity index (χ0) is 10.8. The Labute approximate surface area is 86.0 Å². The van der Waals surface area contributed by atoms with Crippen LogP contribution in [-0.2, 0) is 0 Å². The van der Waals surface area contributed by atoms with Gasteiger partial charge in [-0.1, -0.05) is 13.0 Å². The van der Waals surface area contributed by atoms with E-state index in [1.807, 2.05) is 25.1 Å². The van der Waals surface area contributed by atoms with Gasteiger partial charge in [-0.15, -0.1) is 0 Å². The molecule has 2 amide bonds. The highest BCUT2D eigenvalue weighted by molar-refractivity contribution is 5.71. The average molecular weight is 195 g/mol. The Hall–Kier alpha value is -1.58. The lowest BCUT2D eigenvalue weighted by Gasteiger charge is -2.02. The molecule has 0 saturated carbocycles. The Morgan fingerprint density at radius 2 is 2.14 bits per heavy atom. The first kappa shape index (κ1) is 12.4. The highest BCUT2D eigenvalue weighted by atomic mass is 16.2. The van der Waals surface area contributed by atoms with Crippen LogP contribution in [-0.4, -0.2) is 17.6 Å². The molecule has 0 bridgehead atoms. The molecule has 1 heterocycles. The molecule has 77 valence electrons. The second kappa shape index (κ2) is 8.04. The van der Waals surface area contributed by atoms with Crippen molar-refractivity contribution in [1.82, 2.24) is 10.3 Å². The lowest BCUT2D eigenvalue weighted by atomic mass is 10.2. The molecule has 4 heteroatoms. The van der Waals surface area contributed by atoms with Crippen LogP contribution >= 0.6 is 0 Å². The molecule has 1 aromatic heterocycles. The summed E-state index contributed by atoms with van der Waals surface area (Å²) in [4.78, 5) is 13.8. The molecule has 3 N–H and O–H groups in total. The van der Waals surface area contributed by atoms with Gasteiger partial charge in [-0.05, 0) is 25.0 Å². The minimum Gasteiger partial charge on any atom is -0.352 e. The molecule has 1 radical (unpaired) electrons. The number of primary amides is 1. The summed E-state index contributed by atoms with van der Waals surface area (Å²) >= 11 is 0. The van der Waals surface area contributed by atoms with Gasteiger partial charge in [-0.3, -0.25) is 4.98 Å². The number of pyridine rings is 1. The van der Waals surface area contributed by atoms with Crippen molar-refractivity contribution in [2.24, 2.45) is 11.7 Å². The average Bonchev–Trinajstić information content (AvgIpc) is 2.18. The highest BCUT2D eigenvalue weighted by Gasteiger charge is 1.93. The van der Waals surface area contributed by atoms with Gasteiger partial charge in [0.25, 0.3) is 0 Å². The van der Waals surface area contributed by atoms with Gasteiger partial charge >= 0.3 is 7.46 Å². The monoisotopic (exact) mass is 195 g/mol. The molecule has 0 aliphatic heterocycles. The molecular formula is C10H17N3O+. The van der Waals surface area contributed by atoms with Crippen LogP contribution in [0.25, 0.3) is 0 Å². The van der Waals surface area contributed by atoms with Crippen molar-refractivity contribution in [3.8, 4) is 0 Å². The lowest BCUT2D eigenvalue weighted by molar-refractivity contribution is 0.248. The summed E-state index contributed by atoms with van der Waals surface area (Å²) in [7, 11) is 0. The van der Waals surface area contributed by atoms with E-state index in [1.165, 1.54) is 0 Å². The van der Waals surface area contributed by atoms with Crippen LogP contribution < -0.4 is 11.1 Å². The Bertz CT molecular complexity index is 215. The smallest absolute Gasteiger partial charge is 0.352 e. The fraction of sp³-hybridized carbons (Fsp3) is 0.300. The summed E-state index contributed by atoms with van der Waals surface area (Å²) in [6.07, 6.45) is 3.50. The summed E-state index contributed by atoms with van der Waals surface area (Å²) in [5.74, 6) is 0.225. The maximum absolute atomic E-state index is 9.99. The normalized spacial score (nSPS) is 8.79. The molecule has 0 aliphatic rings. The molecule has 1 aromatic rings. The van der Waals surface area contributed by atoms with Gasteiger partial charge in [0, 0.05) is 18.9 Å². The maximum Gasteiger partial charge on any atom is 1.00 e. The first-order chi connectivity index (χ1) is 6.63. The van der Waals surface area contributed by atoms with Crippen molar-refractivity contribution >= 4 is 6.03 Å². The summed E-state index contributed by atoms with van der Waals surface area (Å²) in [5, 5.41) is 2.42. The molecule has 0 aromatic carbocycles. The predicted molar refractivity (Wildman–Crippen MR) is 57.5 cm³/mol. The van der Waals surface area contributed by atoms with Gasteiger partial charge in [0.1, 0.15) is 0 Å². The second-order valence-corrected chi connectivity index (χ2v) is 2.87. The number of hydrogen-bond donors (Lipinski definition) is 2. The number of aromatic nitrogens is 1. The Kier molecular flexibility index (Phi) is 7.13. The van der Waals surface area contributed by atoms with Gasteiger partial charge < -0.3 is 11.1 Å². The lowest BCUT2D eigenvalue weighted by Crippen LogP contribution is -2.32. The molecule has 4 nitrogen and oxygen atoms in total. The predicted octanol–water partition coefficient (Wildman–Crippen LogP) is 1.32. The second-order valence-electron chi connectivity index (χ2n) is 2.87. The van der Waals surface area contributed by atoms with Crippen LogP contribution in [0.3, 0.4) is 0 Å². The minimum absolute atomic E-state index is 0. The number of nitrogens with two attached hydrogens (primary N) is 1. The van der Waals surface area contributed by atoms with Crippen molar-refractivity contribution in [2.75, 3.05) is 6.54 Å². The zero-order valence-electron chi connectivity index (χ0n) is 9.31. The van der Waals surface area contributed by atoms with Gasteiger partial charge in [0.15, 0.2) is 0 Å². The molecule has 0 fully saturated rings. The van der Waals surface area contributed by atoms with Gasteiger partial charge in [-0.25, -0.2) is 4.79 Å². The largest absolute Gasteiger partial charge is 1.00 e. The van der Waals surface area contributed by atoms with Crippen LogP contribution in [0.15, 0.2) is 30.6 Å². The van der Waals surface area contributed by atoms with E-state index in [1.54, 1.807) is 12.4 Å². The standard InChI is InChI=1S/C5H11N2O.C5H5N/c1-4(2)3-7-5(6)8;1-2-4-6-5-3-1/h4H,1,3H2,2H3,(H3,6,7,8);1-5H/p+1. The molecule has 1 atom stereocenters. The zero-order valence-corrected chi connectivity index (χ0v) is 8.31. The summed E-state index contributed by atoms with van der Waals surface area (Å²) < 4.78 is 0. The summed E-state index contributed by atoms with van der Waals surface area (Å²) in [6, 6.07) is 5.23. The van der Waals surface area contributed by atoms with E-state index < -0.39 is 6.03 Å². The first-order valence-electron chi connectivity index (χ1n) is 4.34. The number of rotatable bonds is 2. The number of hydrogen-bond acceptors (Lipinski definition) is 2. The third-order valence-corrected chi connectivity index (χ3v) is 1.19. The Balaban J connectivity index is 0. The molecule has 1 unspecified atom stereocenters. The van der Waals surface area contributed by atoms with Crippen LogP contribution in [0.1, 0.15) is 8.35 Å². The van der Waals surface area contributed by atoms with Crippen LogP contribution in [0.5, 0.6) is 0 Å². The van der Waals surface area contributed by atoms with Crippen molar-refractivity contribution in [3.05, 3.63) is 37.5 Å². The van der Waals surface area contributed by atoms with Gasteiger partial charge in [0.05, 0.1) is 0 Å². The topological polar surface area (TPSA) is 68.0 Å². The number of amides is 2. The Morgan fingerprint density at radius 1 is 1.57 bits per heavy atom. The number of carbonyl (C=O) groups is 1. The van der Waals surface area contributed by atoms with Crippen molar-refractivity contribution in [2.45, 2.75) is 6.92 Å². The van der Waals surface area contributed by atoms with E-state index in [0.29, 0.717) is 6.54 Å². The van der Waals surface area contributed by atoms with Crippen LogP contribution in [0, 0.1) is 12.8 Å². The number of urea groups is 1. The number of carbonyl (C=O) groups excluding carboxylic acids is 1. The SMILES string of the molecule is [CH2]C(C)CNC(N)=O.[H+].c1ccncc1. The van der Waals surface area contributed by atoms with Gasteiger partial charge in [0.2, 0.25) is 0 Å². The minimum atomic E-state index is -0.486. The molecule has 0 aliphatic carbocycles. The van der Waals surface area contributed by atoms with Crippen LogP contribution in [0.4, 0.5) is 4.79 Å². The quantitative estimate of drug-likeness (QED) is 0.747. The fourth-order valence-corrected chi connectivity index (χ4v) is 0.587. The summed E-state index contributed by atoms with van der Waals surface area (Å²) in [6.45, 7) is 6.09. The van der Waals surface area contributed by atoms with Crippen molar-refractivity contribution in [3.63, 3.8) is 0 Å². The molecule has 1 rings (SSSR count). The molecule has 0 saturated heterocycles. The van der Waals surface area contributed by atoms with Crippen LogP contribution in [0.2, 0.25) is 0 Å². The first-order valence-corrected chi connectivity index (χ1v) is 4.34. The van der Waals surface area contributed by atoms with E-state index in [2.05, 4.69) is 17.2 Å². The fourth-order valence-electron chi connectivity index (χ4n) is 0.587. The van der Waals surface area contributed by atoms with Gasteiger partial charge in [-0.2, -0.15) is 0 Å². The number of nitrogens with zero attached hydrogens (tertiary/aromatic N) is 1. The molecule has 14 heavy (non-hydrogen) atoms. The van der Waals surface area contributed by atoms with Crippen molar-refractivity contribution in [1.29, 1.82) is 0 Å². The van der Waals surface area contributed by atoms with E-state index in [4.69, 9.17) is 5.73 Å². The van der Waals surface area contributed by atoms with E-state index in [0.717, 1.165) is 0 Å².